The van der Waals surface area contributed by atoms with Crippen LogP contribution in [0.1, 0.15) is 42.5 Å². The fourth-order valence-corrected chi connectivity index (χ4v) is 3.36. The van der Waals surface area contributed by atoms with Crippen LogP contribution in [0, 0.1) is 6.92 Å². The third-order valence-electron chi connectivity index (χ3n) is 4.89. The van der Waals surface area contributed by atoms with Crippen LogP contribution in [0.4, 0.5) is 0 Å². The van der Waals surface area contributed by atoms with E-state index in [-0.39, 0.29) is 0 Å². The van der Waals surface area contributed by atoms with E-state index in [2.05, 4.69) is 45.7 Å². The number of aryl methyl sites for hydroxylation is 1. The molecule has 1 aliphatic rings. The Hall–Kier alpha value is -2.56. The van der Waals surface area contributed by atoms with Crippen molar-refractivity contribution < 1.29 is 4.74 Å². The van der Waals surface area contributed by atoms with Crippen LogP contribution < -0.4 is 15.4 Å². The number of nitrogens with zero attached hydrogens (tertiary/aromatic N) is 2. The number of hydrogen-bond acceptors (Lipinski definition) is 3. The molecule has 0 atom stereocenters. The molecule has 0 bridgehead atoms. The molecule has 2 aromatic rings. The van der Waals surface area contributed by atoms with Crippen molar-refractivity contribution in [3.8, 4) is 5.75 Å². The Labute approximate surface area is 162 Å². The van der Waals surface area contributed by atoms with E-state index in [9.17, 15) is 0 Å². The molecule has 1 aliphatic carbocycles. The standard InChI is InChI=1S/C22H30N4O/c1-17-10-11-18(21(15-17)27-20-8-3-4-9-20)16-26-22(23-2)25-14-12-19-7-5-6-13-24-19/h5-7,10-11,13,15,20H,3-4,8-9,12,14,16H2,1-2H3,(H2,23,25,26). The van der Waals surface area contributed by atoms with E-state index in [4.69, 9.17) is 4.74 Å². The summed E-state index contributed by atoms with van der Waals surface area (Å²) in [6, 6.07) is 12.4. The van der Waals surface area contributed by atoms with E-state index in [0.717, 1.165) is 43.2 Å². The van der Waals surface area contributed by atoms with Gasteiger partial charge in [0.2, 0.25) is 0 Å². The molecular formula is C22H30N4O. The monoisotopic (exact) mass is 366 g/mol. The van der Waals surface area contributed by atoms with E-state index in [1.54, 1.807) is 7.05 Å². The van der Waals surface area contributed by atoms with Gasteiger partial charge in [0, 0.05) is 44.0 Å². The Morgan fingerprint density at radius 3 is 2.78 bits per heavy atom. The number of ether oxygens (including phenoxy) is 1. The second-order valence-electron chi connectivity index (χ2n) is 7.06. The van der Waals surface area contributed by atoms with Gasteiger partial charge in [-0.3, -0.25) is 9.98 Å². The smallest absolute Gasteiger partial charge is 0.191 e. The molecule has 5 nitrogen and oxygen atoms in total. The molecule has 1 fully saturated rings. The maximum absolute atomic E-state index is 6.28. The minimum Gasteiger partial charge on any atom is -0.490 e. The predicted molar refractivity (Wildman–Crippen MR) is 110 cm³/mol. The molecular weight excluding hydrogens is 336 g/mol. The molecule has 1 heterocycles. The average Bonchev–Trinajstić information content (AvgIpc) is 3.19. The Morgan fingerprint density at radius 2 is 2.04 bits per heavy atom. The van der Waals surface area contributed by atoms with Crippen molar-refractivity contribution in [3.05, 3.63) is 59.4 Å². The maximum atomic E-state index is 6.28. The lowest BCUT2D eigenvalue weighted by Crippen LogP contribution is -2.38. The van der Waals surface area contributed by atoms with Gasteiger partial charge in [-0.25, -0.2) is 0 Å². The van der Waals surface area contributed by atoms with Gasteiger partial charge in [-0.1, -0.05) is 18.2 Å². The lowest BCUT2D eigenvalue weighted by molar-refractivity contribution is 0.207. The average molecular weight is 367 g/mol. The zero-order valence-corrected chi connectivity index (χ0v) is 16.4. The van der Waals surface area contributed by atoms with Gasteiger partial charge >= 0.3 is 0 Å². The van der Waals surface area contributed by atoms with Crippen molar-refractivity contribution in [1.29, 1.82) is 0 Å². The maximum Gasteiger partial charge on any atom is 0.191 e. The van der Waals surface area contributed by atoms with E-state index in [0.29, 0.717) is 12.6 Å². The number of aliphatic imine (C=N–C) groups is 1. The van der Waals surface area contributed by atoms with Gasteiger partial charge in [-0.15, -0.1) is 0 Å². The van der Waals surface area contributed by atoms with Gasteiger partial charge in [0.25, 0.3) is 0 Å². The zero-order chi connectivity index (χ0) is 18.9. The molecule has 2 N–H and O–H groups in total. The number of rotatable bonds is 7. The summed E-state index contributed by atoms with van der Waals surface area (Å²) in [5.74, 6) is 1.79. The van der Waals surface area contributed by atoms with Crippen LogP contribution in [0.15, 0.2) is 47.6 Å². The van der Waals surface area contributed by atoms with Crippen LogP contribution in [0.3, 0.4) is 0 Å². The van der Waals surface area contributed by atoms with Gasteiger partial charge in [0.1, 0.15) is 5.75 Å². The highest BCUT2D eigenvalue weighted by Crippen LogP contribution is 2.27. The molecule has 0 amide bonds. The van der Waals surface area contributed by atoms with Crippen molar-refractivity contribution in [2.24, 2.45) is 4.99 Å². The number of benzene rings is 1. The quantitative estimate of drug-likeness (QED) is 0.580. The second-order valence-corrected chi connectivity index (χ2v) is 7.06. The van der Waals surface area contributed by atoms with Gasteiger partial charge in [-0.2, -0.15) is 0 Å². The highest BCUT2D eigenvalue weighted by Gasteiger charge is 2.18. The molecule has 0 unspecified atom stereocenters. The summed E-state index contributed by atoms with van der Waals surface area (Å²) in [5, 5.41) is 6.75. The molecule has 1 saturated carbocycles. The van der Waals surface area contributed by atoms with E-state index in [1.807, 2.05) is 24.4 Å². The number of pyridine rings is 1. The zero-order valence-electron chi connectivity index (χ0n) is 16.4. The molecule has 1 aromatic heterocycles. The van der Waals surface area contributed by atoms with Crippen LogP contribution in [0.2, 0.25) is 0 Å². The van der Waals surface area contributed by atoms with Gasteiger partial charge < -0.3 is 15.4 Å². The summed E-state index contributed by atoms with van der Waals surface area (Å²) in [6.45, 7) is 3.58. The first kappa shape index (κ1) is 19.2. The Bertz CT molecular complexity index is 739. The molecule has 0 spiro atoms. The number of aromatic nitrogens is 1. The Balaban J connectivity index is 1.52. The molecule has 0 radical (unpaired) electrons. The summed E-state index contributed by atoms with van der Waals surface area (Å²) < 4.78 is 6.28. The summed E-state index contributed by atoms with van der Waals surface area (Å²) >= 11 is 0. The Kier molecular flexibility index (Phi) is 7.08. The van der Waals surface area contributed by atoms with E-state index < -0.39 is 0 Å². The third-order valence-corrected chi connectivity index (χ3v) is 4.89. The normalized spacial score (nSPS) is 15.0. The fourth-order valence-electron chi connectivity index (χ4n) is 3.36. The van der Waals surface area contributed by atoms with Crippen molar-refractivity contribution >= 4 is 5.96 Å². The first-order valence-electron chi connectivity index (χ1n) is 9.85. The number of guanidine groups is 1. The largest absolute Gasteiger partial charge is 0.490 e. The topological polar surface area (TPSA) is 58.5 Å². The van der Waals surface area contributed by atoms with Crippen molar-refractivity contribution in [1.82, 2.24) is 15.6 Å². The minimum absolute atomic E-state index is 0.362. The van der Waals surface area contributed by atoms with Crippen molar-refractivity contribution in [2.45, 2.75) is 51.7 Å². The summed E-state index contributed by atoms with van der Waals surface area (Å²) in [7, 11) is 1.79. The van der Waals surface area contributed by atoms with Gasteiger partial charge in [0.15, 0.2) is 5.96 Å². The molecule has 0 saturated heterocycles. The van der Waals surface area contributed by atoms with Crippen LogP contribution >= 0.6 is 0 Å². The van der Waals surface area contributed by atoms with Crippen molar-refractivity contribution in [2.75, 3.05) is 13.6 Å². The van der Waals surface area contributed by atoms with Gasteiger partial charge in [-0.05, 0) is 56.4 Å². The fraction of sp³-hybridized carbons (Fsp3) is 0.455. The second kappa shape index (κ2) is 9.95. The Morgan fingerprint density at radius 1 is 1.19 bits per heavy atom. The lowest BCUT2D eigenvalue weighted by Gasteiger charge is -2.18. The van der Waals surface area contributed by atoms with E-state index >= 15 is 0 Å². The van der Waals surface area contributed by atoms with Gasteiger partial charge in [0.05, 0.1) is 6.10 Å². The summed E-state index contributed by atoms with van der Waals surface area (Å²) in [6.07, 6.45) is 7.93. The molecule has 3 rings (SSSR count). The van der Waals surface area contributed by atoms with Crippen LogP contribution in [-0.2, 0) is 13.0 Å². The molecule has 0 aliphatic heterocycles. The number of nitrogens with one attached hydrogen (secondary N) is 2. The molecule has 27 heavy (non-hydrogen) atoms. The van der Waals surface area contributed by atoms with Crippen LogP contribution in [-0.4, -0.2) is 30.6 Å². The molecule has 1 aromatic carbocycles. The predicted octanol–water partition coefficient (Wildman–Crippen LogP) is 3.62. The van der Waals surface area contributed by atoms with Crippen LogP contribution in [0.5, 0.6) is 5.75 Å². The molecule has 5 heteroatoms. The summed E-state index contributed by atoms with van der Waals surface area (Å²) in [4.78, 5) is 8.66. The van der Waals surface area contributed by atoms with Crippen LogP contribution in [0.25, 0.3) is 0 Å². The molecule has 144 valence electrons. The van der Waals surface area contributed by atoms with Crippen molar-refractivity contribution in [3.63, 3.8) is 0 Å². The number of hydrogen-bond donors (Lipinski definition) is 2. The van der Waals surface area contributed by atoms with E-state index in [1.165, 1.54) is 24.0 Å². The highest BCUT2D eigenvalue weighted by molar-refractivity contribution is 5.79. The third kappa shape index (κ3) is 5.98. The first-order chi connectivity index (χ1) is 13.2. The lowest BCUT2D eigenvalue weighted by atomic mass is 10.1. The SMILES string of the molecule is CN=C(NCCc1ccccn1)NCc1ccc(C)cc1OC1CCCC1. The summed E-state index contributed by atoms with van der Waals surface area (Å²) in [5.41, 5.74) is 3.47. The highest BCUT2D eigenvalue weighted by atomic mass is 16.5. The first-order valence-corrected chi connectivity index (χ1v) is 9.85. The minimum atomic E-state index is 0.362.